The molecule has 2 aliphatic carbocycles. The van der Waals surface area contributed by atoms with Crippen molar-refractivity contribution in [2.75, 3.05) is 14.2 Å². The second-order valence-corrected chi connectivity index (χ2v) is 5.20. The predicted molar refractivity (Wildman–Crippen MR) is 81.1 cm³/mol. The van der Waals surface area contributed by atoms with Gasteiger partial charge in [0.05, 0.1) is 20.1 Å². The molecule has 0 saturated heterocycles. The number of hydrogen-bond donors (Lipinski definition) is 2. The van der Waals surface area contributed by atoms with Crippen LogP contribution in [0.4, 0.5) is 0 Å². The molecule has 0 aromatic rings. The lowest BCUT2D eigenvalue weighted by atomic mass is 9.90. The summed E-state index contributed by atoms with van der Waals surface area (Å²) in [5, 5.41) is 20.3. The summed E-state index contributed by atoms with van der Waals surface area (Å²) in [7, 11) is 2.89. The van der Waals surface area contributed by atoms with E-state index in [1.807, 2.05) is 0 Å². The first-order valence-electron chi connectivity index (χ1n) is 7.00. The van der Waals surface area contributed by atoms with Gasteiger partial charge in [-0.3, -0.25) is 4.79 Å². The van der Waals surface area contributed by atoms with E-state index in [2.05, 4.69) is 0 Å². The molecule has 0 aromatic heterocycles. The highest BCUT2D eigenvalue weighted by Gasteiger charge is 2.35. The molecule has 1 aliphatic heterocycles. The summed E-state index contributed by atoms with van der Waals surface area (Å²) in [4.78, 5) is 11.6. The van der Waals surface area contributed by atoms with Crippen LogP contribution in [-0.2, 0) is 19.0 Å². The smallest absolute Gasteiger partial charge is 0.220 e. The Hall–Kier alpha value is -2.89. The van der Waals surface area contributed by atoms with Crippen LogP contribution in [0.1, 0.15) is 0 Å². The van der Waals surface area contributed by atoms with E-state index in [-0.39, 0.29) is 28.8 Å². The molecule has 0 saturated carbocycles. The Bertz CT molecular complexity index is 732. The SMILES string of the molecule is COC1=CC2O/C(=C3/C=CC(=O)C(OC)=C3)C(O)=CC2C(O)=C1. The maximum atomic E-state index is 11.6. The first-order chi connectivity index (χ1) is 11.0. The van der Waals surface area contributed by atoms with E-state index in [9.17, 15) is 15.0 Å². The maximum Gasteiger partial charge on any atom is 0.220 e. The Balaban J connectivity index is 2.02. The summed E-state index contributed by atoms with van der Waals surface area (Å²) in [5.74, 6) is 0.0464. The number of aliphatic hydroxyl groups excluding tert-OH is 2. The third kappa shape index (κ3) is 2.63. The van der Waals surface area contributed by atoms with Gasteiger partial charge in [0.1, 0.15) is 17.6 Å². The molecule has 2 N–H and O–H groups in total. The molecule has 0 spiro atoms. The Morgan fingerprint density at radius 1 is 1.09 bits per heavy atom. The summed E-state index contributed by atoms with van der Waals surface area (Å²) in [5.41, 5.74) is 0.509. The topological polar surface area (TPSA) is 85.2 Å². The minimum Gasteiger partial charge on any atom is -0.511 e. The minimum absolute atomic E-state index is 0.0486. The molecule has 23 heavy (non-hydrogen) atoms. The second-order valence-electron chi connectivity index (χ2n) is 5.20. The monoisotopic (exact) mass is 316 g/mol. The molecular weight excluding hydrogens is 300 g/mol. The second kappa shape index (κ2) is 5.72. The molecule has 0 fully saturated rings. The van der Waals surface area contributed by atoms with Crippen molar-refractivity contribution in [3.05, 3.63) is 70.8 Å². The van der Waals surface area contributed by atoms with Crippen molar-refractivity contribution in [2.24, 2.45) is 5.92 Å². The Kier molecular flexibility index (Phi) is 3.73. The third-order valence-electron chi connectivity index (χ3n) is 3.80. The molecule has 3 rings (SSSR count). The number of hydrogen-bond acceptors (Lipinski definition) is 6. The van der Waals surface area contributed by atoms with Gasteiger partial charge in [-0.1, -0.05) is 0 Å². The third-order valence-corrected chi connectivity index (χ3v) is 3.80. The molecule has 3 aliphatic rings. The highest BCUT2D eigenvalue weighted by molar-refractivity contribution is 6.04. The molecule has 120 valence electrons. The first kappa shape index (κ1) is 15.0. The predicted octanol–water partition coefficient (Wildman–Crippen LogP) is 2.35. The molecule has 0 aromatic carbocycles. The molecule has 2 unspecified atom stereocenters. The molecule has 0 radical (unpaired) electrons. The summed E-state index contributed by atoms with van der Waals surface area (Å²) in [6.07, 6.45) is 8.58. The van der Waals surface area contributed by atoms with Gasteiger partial charge in [-0.2, -0.15) is 0 Å². The standard InChI is InChI=1S/C17H16O6/c1-21-10-6-13(19)11-8-14(20)17(23-15(11)7-10)9-3-4-12(18)16(5-9)22-2/h3-8,11,15,19-20H,1-2H3/b17-9-. The normalized spacial score (nSPS) is 29.6. The highest BCUT2D eigenvalue weighted by atomic mass is 16.5. The van der Waals surface area contributed by atoms with E-state index in [0.717, 1.165) is 0 Å². The van der Waals surface area contributed by atoms with E-state index in [4.69, 9.17) is 14.2 Å². The zero-order valence-electron chi connectivity index (χ0n) is 12.6. The lowest BCUT2D eigenvalue weighted by Crippen LogP contribution is -2.30. The van der Waals surface area contributed by atoms with Crippen molar-refractivity contribution in [3.8, 4) is 0 Å². The lowest BCUT2D eigenvalue weighted by molar-refractivity contribution is -0.114. The lowest BCUT2D eigenvalue weighted by Gasteiger charge is -2.32. The van der Waals surface area contributed by atoms with Gasteiger partial charge < -0.3 is 24.4 Å². The van der Waals surface area contributed by atoms with Crippen molar-refractivity contribution in [1.29, 1.82) is 0 Å². The van der Waals surface area contributed by atoms with E-state index in [0.29, 0.717) is 11.3 Å². The van der Waals surface area contributed by atoms with Crippen LogP contribution in [0.3, 0.4) is 0 Å². The van der Waals surface area contributed by atoms with Gasteiger partial charge in [0.25, 0.3) is 0 Å². The molecule has 2 atom stereocenters. The van der Waals surface area contributed by atoms with Gasteiger partial charge in [-0.05, 0) is 30.4 Å². The van der Waals surface area contributed by atoms with E-state index >= 15 is 0 Å². The van der Waals surface area contributed by atoms with Gasteiger partial charge in [-0.15, -0.1) is 0 Å². The number of ketones is 1. The van der Waals surface area contributed by atoms with Crippen LogP contribution in [0, 0.1) is 5.92 Å². The van der Waals surface area contributed by atoms with Crippen molar-refractivity contribution in [2.45, 2.75) is 6.10 Å². The zero-order chi connectivity index (χ0) is 16.6. The summed E-state index contributed by atoms with van der Waals surface area (Å²) in [6.45, 7) is 0. The molecule has 0 bridgehead atoms. The average molecular weight is 316 g/mol. The van der Waals surface area contributed by atoms with E-state index < -0.39 is 12.0 Å². The summed E-state index contributed by atoms with van der Waals surface area (Å²) in [6, 6.07) is 0. The van der Waals surface area contributed by atoms with Crippen molar-refractivity contribution >= 4 is 5.78 Å². The quantitative estimate of drug-likeness (QED) is 0.813. The van der Waals surface area contributed by atoms with Gasteiger partial charge in [-0.25, -0.2) is 0 Å². The van der Waals surface area contributed by atoms with Crippen LogP contribution in [0.25, 0.3) is 0 Å². The van der Waals surface area contributed by atoms with Crippen LogP contribution in [0.2, 0.25) is 0 Å². The van der Waals surface area contributed by atoms with E-state index in [1.165, 1.54) is 38.5 Å². The fraction of sp³-hybridized carbons (Fsp3) is 0.235. The van der Waals surface area contributed by atoms with Gasteiger partial charge in [0, 0.05) is 11.6 Å². The average Bonchev–Trinajstić information content (AvgIpc) is 2.55. The van der Waals surface area contributed by atoms with Crippen LogP contribution < -0.4 is 0 Å². The number of allylic oxidation sites excluding steroid dienone is 5. The minimum atomic E-state index is -0.515. The number of carbonyl (C=O) groups excluding carboxylic acids is 1. The summed E-state index contributed by atoms with van der Waals surface area (Å²) < 4.78 is 15.9. The molecule has 1 heterocycles. The van der Waals surface area contributed by atoms with E-state index in [1.54, 1.807) is 12.2 Å². The van der Waals surface area contributed by atoms with Crippen LogP contribution in [-0.4, -0.2) is 36.3 Å². The van der Waals surface area contributed by atoms with Crippen molar-refractivity contribution in [3.63, 3.8) is 0 Å². The molecule has 6 nitrogen and oxygen atoms in total. The Morgan fingerprint density at radius 2 is 1.87 bits per heavy atom. The Labute approximate surface area is 133 Å². The van der Waals surface area contributed by atoms with Gasteiger partial charge in [0.15, 0.2) is 17.3 Å². The largest absolute Gasteiger partial charge is 0.511 e. The molecule has 0 amide bonds. The Morgan fingerprint density at radius 3 is 2.57 bits per heavy atom. The fourth-order valence-corrected chi connectivity index (χ4v) is 2.61. The van der Waals surface area contributed by atoms with Crippen LogP contribution >= 0.6 is 0 Å². The fourth-order valence-electron chi connectivity index (χ4n) is 2.61. The number of rotatable bonds is 2. The van der Waals surface area contributed by atoms with Gasteiger partial charge in [0.2, 0.25) is 5.78 Å². The van der Waals surface area contributed by atoms with Crippen LogP contribution in [0.5, 0.6) is 0 Å². The zero-order valence-corrected chi connectivity index (χ0v) is 12.6. The molecular formula is C17H16O6. The van der Waals surface area contributed by atoms with Crippen molar-refractivity contribution < 1.29 is 29.2 Å². The summed E-state index contributed by atoms with van der Waals surface area (Å²) >= 11 is 0. The van der Waals surface area contributed by atoms with Crippen LogP contribution in [0.15, 0.2) is 70.8 Å². The number of methoxy groups -OCH3 is 2. The van der Waals surface area contributed by atoms with Gasteiger partial charge >= 0.3 is 0 Å². The number of carbonyl (C=O) groups is 1. The highest BCUT2D eigenvalue weighted by Crippen LogP contribution is 2.36. The molecule has 6 heteroatoms. The number of ether oxygens (including phenoxy) is 3. The first-order valence-corrected chi connectivity index (χ1v) is 7.00. The maximum absolute atomic E-state index is 11.6. The van der Waals surface area contributed by atoms with Crippen molar-refractivity contribution in [1.82, 2.24) is 0 Å². The number of fused-ring (bicyclic) bond motifs is 1. The number of aliphatic hydroxyl groups is 2.